The van der Waals surface area contributed by atoms with Gasteiger partial charge in [0, 0.05) is 11.1 Å². The van der Waals surface area contributed by atoms with Gasteiger partial charge in [-0.2, -0.15) is 0 Å². The fraction of sp³-hybridized carbons (Fsp3) is 0.105. The molecule has 3 rings (SSSR count). The second-order valence-electron chi connectivity index (χ2n) is 5.45. The summed E-state index contributed by atoms with van der Waals surface area (Å²) in [7, 11) is 0. The first-order chi connectivity index (χ1) is 10.5. The van der Waals surface area contributed by atoms with E-state index in [0.717, 1.165) is 11.1 Å². The molecule has 0 atom stereocenters. The highest BCUT2D eigenvalue weighted by Crippen LogP contribution is 2.33. The highest BCUT2D eigenvalue weighted by molar-refractivity contribution is 5.73. The zero-order valence-corrected chi connectivity index (χ0v) is 12.5. The lowest BCUT2D eigenvalue weighted by Crippen LogP contribution is -1.90. The predicted octanol–water partition coefficient (Wildman–Crippen LogP) is 4.44. The summed E-state index contributed by atoms with van der Waals surface area (Å²) in [5.41, 5.74) is 4.85. The van der Waals surface area contributed by atoms with Crippen LogP contribution in [-0.4, -0.2) is 15.2 Å². The minimum atomic E-state index is 0.198. The van der Waals surface area contributed by atoms with E-state index >= 15 is 0 Å². The number of aryl methyl sites for hydroxylation is 2. The van der Waals surface area contributed by atoms with Gasteiger partial charge in [0.15, 0.2) is 0 Å². The summed E-state index contributed by atoms with van der Waals surface area (Å²) in [5.74, 6) is 0.396. The molecule has 110 valence electrons. The van der Waals surface area contributed by atoms with Crippen LogP contribution in [0.2, 0.25) is 0 Å². The molecule has 22 heavy (non-hydrogen) atoms. The van der Waals surface area contributed by atoms with Gasteiger partial charge < -0.3 is 10.2 Å². The Balaban J connectivity index is 2.14. The molecule has 2 aromatic carbocycles. The maximum absolute atomic E-state index is 10.1. The van der Waals surface area contributed by atoms with Gasteiger partial charge in [-0.25, -0.2) is 4.98 Å². The van der Waals surface area contributed by atoms with E-state index in [4.69, 9.17) is 0 Å². The van der Waals surface area contributed by atoms with Crippen LogP contribution in [0.15, 0.2) is 54.6 Å². The third-order valence-corrected chi connectivity index (χ3v) is 3.61. The topological polar surface area (TPSA) is 53.4 Å². The van der Waals surface area contributed by atoms with E-state index < -0.39 is 0 Å². The summed E-state index contributed by atoms with van der Waals surface area (Å²) >= 11 is 0. The average molecular weight is 291 g/mol. The third kappa shape index (κ3) is 2.66. The van der Waals surface area contributed by atoms with Crippen LogP contribution in [0.1, 0.15) is 11.1 Å². The molecule has 0 unspecified atom stereocenters. The number of nitrogens with zero attached hydrogens (tertiary/aromatic N) is 1. The number of hydrogen-bond donors (Lipinski definition) is 2. The first-order valence-electron chi connectivity index (χ1n) is 7.11. The largest absolute Gasteiger partial charge is 0.507 e. The van der Waals surface area contributed by atoms with Crippen LogP contribution in [0.5, 0.6) is 11.5 Å². The van der Waals surface area contributed by atoms with Crippen molar-refractivity contribution >= 4 is 0 Å². The number of phenols is 2. The van der Waals surface area contributed by atoms with Gasteiger partial charge in [-0.05, 0) is 50.2 Å². The lowest BCUT2D eigenvalue weighted by atomic mass is 10.0. The summed E-state index contributed by atoms with van der Waals surface area (Å²) in [5, 5.41) is 20.1. The second-order valence-corrected chi connectivity index (χ2v) is 5.45. The van der Waals surface area contributed by atoms with Crippen LogP contribution < -0.4 is 0 Å². The van der Waals surface area contributed by atoms with Crippen LogP contribution in [0, 0.1) is 13.8 Å². The predicted molar refractivity (Wildman–Crippen MR) is 87.9 cm³/mol. The highest BCUT2D eigenvalue weighted by atomic mass is 16.3. The first-order valence-corrected chi connectivity index (χ1v) is 7.11. The maximum Gasteiger partial charge on any atom is 0.124 e. The fourth-order valence-corrected chi connectivity index (χ4v) is 2.44. The maximum atomic E-state index is 10.1. The van der Waals surface area contributed by atoms with Crippen molar-refractivity contribution < 1.29 is 10.2 Å². The van der Waals surface area contributed by atoms with E-state index in [1.165, 1.54) is 0 Å². The fourth-order valence-electron chi connectivity index (χ4n) is 2.44. The van der Waals surface area contributed by atoms with E-state index in [0.29, 0.717) is 22.5 Å². The van der Waals surface area contributed by atoms with Gasteiger partial charge in [-0.15, -0.1) is 0 Å². The Morgan fingerprint density at radius 3 is 1.59 bits per heavy atom. The Labute approximate surface area is 129 Å². The van der Waals surface area contributed by atoms with Crippen molar-refractivity contribution in [1.29, 1.82) is 0 Å². The van der Waals surface area contributed by atoms with Crippen molar-refractivity contribution in [2.45, 2.75) is 13.8 Å². The van der Waals surface area contributed by atoms with Crippen molar-refractivity contribution in [2.24, 2.45) is 0 Å². The van der Waals surface area contributed by atoms with E-state index in [2.05, 4.69) is 4.98 Å². The molecule has 0 saturated carbocycles. The number of aromatic nitrogens is 1. The van der Waals surface area contributed by atoms with Crippen LogP contribution in [0.4, 0.5) is 0 Å². The van der Waals surface area contributed by atoms with Crippen LogP contribution in [0.25, 0.3) is 22.5 Å². The van der Waals surface area contributed by atoms with Gasteiger partial charge in [0.1, 0.15) is 11.5 Å². The van der Waals surface area contributed by atoms with E-state index in [9.17, 15) is 10.2 Å². The van der Waals surface area contributed by atoms with Crippen molar-refractivity contribution in [3.8, 4) is 34.0 Å². The summed E-state index contributed by atoms with van der Waals surface area (Å²) < 4.78 is 0. The quantitative estimate of drug-likeness (QED) is 0.733. The normalized spacial score (nSPS) is 10.6. The Bertz CT molecular complexity index is 774. The monoisotopic (exact) mass is 291 g/mol. The molecule has 3 aromatic rings. The molecule has 0 fully saturated rings. The van der Waals surface area contributed by atoms with E-state index in [-0.39, 0.29) is 11.5 Å². The summed E-state index contributed by atoms with van der Waals surface area (Å²) in [6.45, 7) is 3.94. The zero-order valence-electron chi connectivity index (χ0n) is 12.5. The molecular formula is C19H17NO2. The summed E-state index contributed by atoms with van der Waals surface area (Å²) in [6, 6.07) is 16.4. The van der Waals surface area contributed by atoms with Gasteiger partial charge in [0.2, 0.25) is 0 Å². The molecule has 0 bridgehead atoms. The Hall–Kier alpha value is -2.81. The lowest BCUT2D eigenvalue weighted by Gasteiger charge is -2.09. The molecule has 3 nitrogen and oxygen atoms in total. The molecule has 0 aliphatic carbocycles. The number of phenolic OH excluding ortho intramolecular Hbond substituents is 2. The molecule has 0 saturated heterocycles. The average Bonchev–Trinajstić information content (AvgIpc) is 2.52. The molecule has 2 N–H and O–H groups in total. The van der Waals surface area contributed by atoms with Gasteiger partial charge in [0.25, 0.3) is 0 Å². The number of aromatic hydroxyl groups is 2. The van der Waals surface area contributed by atoms with Crippen molar-refractivity contribution in [3.63, 3.8) is 0 Å². The molecule has 3 heteroatoms. The van der Waals surface area contributed by atoms with Gasteiger partial charge in [-0.1, -0.05) is 29.3 Å². The number of pyridine rings is 1. The molecule has 0 amide bonds. The van der Waals surface area contributed by atoms with Crippen molar-refractivity contribution in [2.75, 3.05) is 0 Å². The third-order valence-electron chi connectivity index (χ3n) is 3.61. The summed E-state index contributed by atoms with van der Waals surface area (Å²) in [4.78, 5) is 4.60. The van der Waals surface area contributed by atoms with Crippen LogP contribution in [0.3, 0.4) is 0 Å². The van der Waals surface area contributed by atoms with Crippen molar-refractivity contribution in [3.05, 3.63) is 65.7 Å². The van der Waals surface area contributed by atoms with Gasteiger partial charge in [-0.3, -0.25) is 0 Å². The number of rotatable bonds is 2. The van der Waals surface area contributed by atoms with Crippen LogP contribution >= 0.6 is 0 Å². The summed E-state index contributed by atoms with van der Waals surface area (Å²) in [6.07, 6.45) is 0. The molecule has 0 radical (unpaired) electrons. The smallest absolute Gasteiger partial charge is 0.124 e. The SMILES string of the molecule is Cc1ccc(O)c(-c2cccc(-c3cc(C)ccc3O)n2)c1. The standard InChI is InChI=1S/C19H17NO2/c1-12-6-8-18(21)14(10-12)16-4-3-5-17(20-16)15-11-13(2)7-9-19(15)22/h3-11,21-22H,1-2H3. The Kier molecular flexibility index (Phi) is 3.55. The van der Waals surface area contributed by atoms with E-state index in [1.807, 2.05) is 56.3 Å². The first kappa shape index (κ1) is 14.1. The second kappa shape index (κ2) is 5.53. The van der Waals surface area contributed by atoms with E-state index in [1.54, 1.807) is 12.1 Å². The highest BCUT2D eigenvalue weighted by Gasteiger charge is 2.10. The lowest BCUT2D eigenvalue weighted by molar-refractivity contribution is 0.477. The minimum Gasteiger partial charge on any atom is -0.507 e. The van der Waals surface area contributed by atoms with Crippen molar-refractivity contribution in [1.82, 2.24) is 4.98 Å². The Morgan fingerprint density at radius 1 is 0.682 bits per heavy atom. The molecule has 0 aliphatic rings. The molecule has 1 aromatic heterocycles. The molecule has 0 spiro atoms. The van der Waals surface area contributed by atoms with Crippen LogP contribution in [-0.2, 0) is 0 Å². The number of hydrogen-bond acceptors (Lipinski definition) is 3. The zero-order chi connectivity index (χ0) is 15.7. The van der Waals surface area contributed by atoms with Gasteiger partial charge >= 0.3 is 0 Å². The minimum absolute atomic E-state index is 0.198. The molecule has 0 aliphatic heterocycles. The number of benzene rings is 2. The Morgan fingerprint density at radius 2 is 1.14 bits per heavy atom. The molecular weight excluding hydrogens is 274 g/mol. The van der Waals surface area contributed by atoms with Gasteiger partial charge in [0.05, 0.1) is 11.4 Å². The molecule has 1 heterocycles.